The second kappa shape index (κ2) is 8.37. The summed E-state index contributed by atoms with van der Waals surface area (Å²) >= 11 is 0. The molecule has 2 aliphatic rings. The maximum Gasteiger partial charge on any atom is 0.325 e. The highest BCUT2D eigenvalue weighted by atomic mass is 16.2. The van der Waals surface area contributed by atoms with Crippen molar-refractivity contribution < 1.29 is 14.4 Å². The number of hydrogen-bond acceptors (Lipinski definition) is 3. The number of carbonyl (C=O) groups excluding carboxylic acids is 3. The molecule has 0 bridgehead atoms. The molecule has 2 fully saturated rings. The Balaban J connectivity index is 1.52. The van der Waals surface area contributed by atoms with E-state index in [1.54, 1.807) is 11.0 Å². The molecular formula is C21H27N3O3. The first kappa shape index (κ1) is 19.1. The number of rotatable bonds is 8. The molecule has 6 nitrogen and oxygen atoms in total. The van der Waals surface area contributed by atoms with Gasteiger partial charge in [0.1, 0.15) is 5.54 Å². The third kappa shape index (κ3) is 4.21. The molecule has 1 heterocycles. The maximum absolute atomic E-state index is 12.6. The van der Waals surface area contributed by atoms with E-state index in [4.69, 9.17) is 0 Å². The minimum absolute atomic E-state index is 0.00128. The molecule has 3 rings (SSSR count). The second-order valence-corrected chi connectivity index (χ2v) is 7.33. The lowest BCUT2D eigenvalue weighted by atomic mass is 9.98. The summed E-state index contributed by atoms with van der Waals surface area (Å²) in [7, 11) is 0. The summed E-state index contributed by atoms with van der Waals surface area (Å²) in [6.07, 6.45) is 5.85. The van der Waals surface area contributed by atoms with Crippen LogP contribution in [-0.2, 0) is 16.1 Å². The molecule has 1 spiro atoms. The summed E-state index contributed by atoms with van der Waals surface area (Å²) in [6, 6.07) is 9.49. The number of carbonyl (C=O) groups is 3. The van der Waals surface area contributed by atoms with E-state index in [9.17, 15) is 14.4 Å². The highest BCUT2D eigenvalue weighted by Crippen LogP contribution is 2.35. The highest BCUT2D eigenvalue weighted by Gasteiger charge is 2.52. The van der Waals surface area contributed by atoms with Gasteiger partial charge < -0.3 is 10.2 Å². The van der Waals surface area contributed by atoms with Gasteiger partial charge in [-0.25, -0.2) is 4.79 Å². The van der Waals surface area contributed by atoms with Crippen LogP contribution in [0.5, 0.6) is 0 Å². The highest BCUT2D eigenvalue weighted by molar-refractivity contribution is 6.07. The average Bonchev–Trinajstić information content (AvgIpc) is 3.22. The molecule has 144 valence electrons. The summed E-state index contributed by atoms with van der Waals surface area (Å²) in [5.74, 6) is -0.119. The normalized spacial score (nSPS) is 18.0. The van der Waals surface area contributed by atoms with E-state index in [1.165, 1.54) is 4.90 Å². The number of amides is 4. The van der Waals surface area contributed by atoms with Crippen LogP contribution >= 0.6 is 0 Å². The van der Waals surface area contributed by atoms with Gasteiger partial charge in [-0.15, -0.1) is 6.58 Å². The van der Waals surface area contributed by atoms with Crippen LogP contribution in [0.15, 0.2) is 43.0 Å². The molecule has 6 heteroatoms. The molecule has 1 saturated carbocycles. The third-order valence-electron chi connectivity index (χ3n) is 5.39. The lowest BCUT2D eigenvalue weighted by Gasteiger charge is -2.22. The van der Waals surface area contributed by atoms with Gasteiger partial charge in [-0.05, 0) is 24.8 Å². The predicted octanol–water partition coefficient (Wildman–Crippen LogP) is 2.85. The van der Waals surface area contributed by atoms with Crippen molar-refractivity contribution in [2.45, 2.75) is 50.6 Å². The van der Waals surface area contributed by atoms with Gasteiger partial charge in [0.05, 0.1) is 0 Å². The fourth-order valence-electron chi connectivity index (χ4n) is 3.96. The van der Waals surface area contributed by atoms with Crippen LogP contribution in [0.2, 0.25) is 0 Å². The number of benzene rings is 1. The monoisotopic (exact) mass is 369 g/mol. The number of hydrogen-bond donors (Lipinski definition) is 1. The Morgan fingerprint density at radius 1 is 1.22 bits per heavy atom. The van der Waals surface area contributed by atoms with E-state index in [0.29, 0.717) is 25.9 Å². The summed E-state index contributed by atoms with van der Waals surface area (Å²) in [5, 5.41) is 2.87. The molecule has 1 aromatic rings. The van der Waals surface area contributed by atoms with Crippen molar-refractivity contribution in [3.63, 3.8) is 0 Å². The number of nitrogens with zero attached hydrogens (tertiary/aromatic N) is 2. The van der Waals surface area contributed by atoms with Crippen molar-refractivity contribution in [2.24, 2.45) is 0 Å². The SMILES string of the molecule is C=CCN(Cc1ccccc1)C(=O)CCCN1C(=O)NC2(CCCC2)C1=O. The largest absolute Gasteiger partial charge is 0.335 e. The molecule has 27 heavy (non-hydrogen) atoms. The molecular weight excluding hydrogens is 342 g/mol. The fourth-order valence-corrected chi connectivity index (χ4v) is 3.96. The van der Waals surface area contributed by atoms with E-state index < -0.39 is 5.54 Å². The van der Waals surface area contributed by atoms with Crippen LogP contribution in [0.25, 0.3) is 0 Å². The van der Waals surface area contributed by atoms with E-state index >= 15 is 0 Å². The van der Waals surface area contributed by atoms with Crippen LogP contribution in [0.3, 0.4) is 0 Å². The Morgan fingerprint density at radius 3 is 2.59 bits per heavy atom. The van der Waals surface area contributed by atoms with Crippen LogP contribution < -0.4 is 5.32 Å². The molecule has 1 N–H and O–H groups in total. The Morgan fingerprint density at radius 2 is 1.93 bits per heavy atom. The molecule has 0 aromatic heterocycles. The van der Waals surface area contributed by atoms with Crippen LogP contribution in [0.4, 0.5) is 4.79 Å². The van der Waals surface area contributed by atoms with Gasteiger partial charge in [0.2, 0.25) is 5.91 Å². The van der Waals surface area contributed by atoms with Gasteiger partial charge in [0.25, 0.3) is 5.91 Å². The quantitative estimate of drug-likeness (QED) is 0.566. The van der Waals surface area contributed by atoms with Gasteiger partial charge in [-0.1, -0.05) is 49.2 Å². The van der Waals surface area contributed by atoms with E-state index in [0.717, 1.165) is 31.2 Å². The zero-order valence-corrected chi connectivity index (χ0v) is 15.7. The topological polar surface area (TPSA) is 69.7 Å². The van der Waals surface area contributed by atoms with Crippen LogP contribution in [-0.4, -0.2) is 46.3 Å². The van der Waals surface area contributed by atoms with E-state index in [2.05, 4.69) is 11.9 Å². The first-order valence-corrected chi connectivity index (χ1v) is 9.62. The Labute approximate surface area is 160 Å². The molecule has 1 saturated heterocycles. The van der Waals surface area contributed by atoms with E-state index in [1.807, 2.05) is 30.3 Å². The standard InChI is InChI=1S/C21H27N3O3/c1-2-14-23(16-17-9-4-3-5-10-17)18(25)11-8-15-24-19(26)21(22-20(24)27)12-6-7-13-21/h2-5,9-10H,1,6-8,11-16H2,(H,22,27). The fraction of sp³-hybridized carbons (Fsp3) is 0.476. The second-order valence-electron chi connectivity index (χ2n) is 7.33. The van der Waals surface area contributed by atoms with Crippen molar-refractivity contribution in [1.82, 2.24) is 15.1 Å². The average molecular weight is 369 g/mol. The Kier molecular flexibility index (Phi) is 5.94. The first-order chi connectivity index (χ1) is 13.1. The molecule has 0 unspecified atom stereocenters. The molecule has 0 atom stereocenters. The number of urea groups is 1. The van der Waals surface area contributed by atoms with Gasteiger partial charge in [-0.3, -0.25) is 14.5 Å². The zero-order valence-electron chi connectivity index (χ0n) is 15.7. The Hall–Kier alpha value is -2.63. The van der Waals surface area contributed by atoms with Crippen molar-refractivity contribution in [1.29, 1.82) is 0 Å². The molecule has 1 aliphatic carbocycles. The van der Waals surface area contributed by atoms with Crippen molar-refractivity contribution in [3.05, 3.63) is 48.6 Å². The van der Waals surface area contributed by atoms with Gasteiger partial charge in [-0.2, -0.15) is 0 Å². The lowest BCUT2D eigenvalue weighted by molar-refractivity contribution is -0.133. The van der Waals surface area contributed by atoms with Crippen LogP contribution in [0, 0.1) is 0 Å². The minimum Gasteiger partial charge on any atom is -0.335 e. The minimum atomic E-state index is -0.677. The predicted molar refractivity (Wildman–Crippen MR) is 103 cm³/mol. The number of imide groups is 1. The molecule has 0 radical (unpaired) electrons. The summed E-state index contributed by atoms with van der Waals surface area (Å²) in [5.41, 5.74) is 0.383. The smallest absolute Gasteiger partial charge is 0.325 e. The van der Waals surface area contributed by atoms with Crippen LogP contribution in [0.1, 0.15) is 44.1 Å². The van der Waals surface area contributed by atoms with Crippen molar-refractivity contribution >= 4 is 17.8 Å². The van der Waals surface area contributed by atoms with Gasteiger partial charge in [0.15, 0.2) is 0 Å². The summed E-state index contributed by atoms with van der Waals surface area (Å²) < 4.78 is 0. The molecule has 1 aromatic carbocycles. The van der Waals surface area contributed by atoms with Gasteiger partial charge >= 0.3 is 6.03 Å². The van der Waals surface area contributed by atoms with Crippen molar-refractivity contribution in [2.75, 3.05) is 13.1 Å². The third-order valence-corrected chi connectivity index (χ3v) is 5.39. The summed E-state index contributed by atoms with van der Waals surface area (Å²) in [4.78, 5) is 40.4. The number of nitrogens with one attached hydrogen (secondary N) is 1. The van der Waals surface area contributed by atoms with E-state index in [-0.39, 0.29) is 24.4 Å². The zero-order chi connectivity index (χ0) is 19.3. The molecule has 4 amide bonds. The van der Waals surface area contributed by atoms with Gasteiger partial charge in [0, 0.05) is 26.1 Å². The first-order valence-electron chi connectivity index (χ1n) is 9.62. The maximum atomic E-state index is 12.6. The Bertz CT molecular complexity index is 711. The molecule has 1 aliphatic heterocycles. The summed E-state index contributed by atoms with van der Waals surface area (Å²) in [6.45, 7) is 5.01. The lowest BCUT2D eigenvalue weighted by Crippen LogP contribution is -2.44. The van der Waals surface area contributed by atoms with Crippen molar-refractivity contribution in [3.8, 4) is 0 Å².